The topological polar surface area (TPSA) is 46.5 Å². The molecule has 0 aliphatic heterocycles. The first-order chi connectivity index (χ1) is 4.57. The van der Waals surface area contributed by atoms with E-state index in [9.17, 15) is 4.79 Å². The van der Waals surface area contributed by atoms with E-state index in [0.717, 1.165) is 0 Å². The molecule has 0 rings (SSSR count). The third-order valence-corrected chi connectivity index (χ3v) is 1.32. The SMILES string of the molecule is CC(=CC(C)OS)C(=O)O. The monoisotopic (exact) mass is 162 g/mol. The third-order valence-electron chi connectivity index (χ3n) is 0.988. The number of carbonyl (C=O) groups is 1. The lowest BCUT2D eigenvalue weighted by Crippen LogP contribution is -2.03. The van der Waals surface area contributed by atoms with Crippen LogP contribution in [-0.4, -0.2) is 17.2 Å². The second kappa shape index (κ2) is 4.35. The van der Waals surface area contributed by atoms with Gasteiger partial charge in [0.1, 0.15) is 0 Å². The highest BCUT2D eigenvalue weighted by molar-refractivity contribution is 7.75. The summed E-state index contributed by atoms with van der Waals surface area (Å²) in [5.41, 5.74) is 0.265. The lowest BCUT2D eigenvalue weighted by molar-refractivity contribution is -0.132. The van der Waals surface area contributed by atoms with E-state index in [1.54, 1.807) is 6.92 Å². The molecule has 4 heteroatoms. The number of aliphatic carboxylic acids is 1. The van der Waals surface area contributed by atoms with E-state index in [2.05, 4.69) is 17.1 Å². The van der Waals surface area contributed by atoms with Crippen molar-refractivity contribution < 1.29 is 14.1 Å². The van der Waals surface area contributed by atoms with Crippen LogP contribution in [0.15, 0.2) is 11.6 Å². The smallest absolute Gasteiger partial charge is 0.331 e. The minimum Gasteiger partial charge on any atom is -0.478 e. The van der Waals surface area contributed by atoms with Crippen LogP contribution in [0, 0.1) is 0 Å². The van der Waals surface area contributed by atoms with Crippen LogP contribution >= 0.6 is 12.9 Å². The van der Waals surface area contributed by atoms with Crippen molar-refractivity contribution in [2.24, 2.45) is 0 Å². The molecule has 0 saturated heterocycles. The van der Waals surface area contributed by atoms with Crippen molar-refractivity contribution >= 4 is 18.9 Å². The Morgan fingerprint density at radius 3 is 2.60 bits per heavy atom. The lowest BCUT2D eigenvalue weighted by Gasteiger charge is -2.00. The van der Waals surface area contributed by atoms with E-state index < -0.39 is 5.97 Å². The molecule has 1 N–H and O–H groups in total. The summed E-state index contributed by atoms with van der Waals surface area (Å²) < 4.78 is 4.53. The standard InChI is InChI=1S/C6H10O3S/c1-4(6(7)8)3-5(2)9-10/h3,5,10H,1-2H3,(H,7,8). The molecule has 3 nitrogen and oxygen atoms in total. The molecule has 0 saturated carbocycles. The molecule has 1 unspecified atom stereocenters. The highest BCUT2D eigenvalue weighted by atomic mass is 32.1. The zero-order chi connectivity index (χ0) is 8.15. The van der Waals surface area contributed by atoms with E-state index in [1.165, 1.54) is 13.0 Å². The van der Waals surface area contributed by atoms with Gasteiger partial charge in [-0.05, 0) is 32.8 Å². The molecule has 0 amide bonds. The number of hydrogen-bond acceptors (Lipinski definition) is 3. The van der Waals surface area contributed by atoms with Crippen LogP contribution in [0.1, 0.15) is 13.8 Å². The van der Waals surface area contributed by atoms with Crippen LogP contribution in [0.5, 0.6) is 0 Å². The fourth-order valence-corrected chi connectivity index (χ4v) is 0.515. The van der Waals surface area contributed by atoms with Crippen molar-refractivity contribution in [1.29, 1.82) is 0 Å². The van der Waals surface area contributed by atoms with E-state index in [-0.39, 0.29) is 11.7 Å². The zero-order valence-corrected chi connectivity index (χ0v) is 6.76. The molecule has 1 atom stereocenters. The normalized spacial score (nSPS) is 14.9. The summed E-state index contributed by atoms with van der Waals surface area (Å²) in [7, 11) is 0. The van der Waals surface area contributed by atoms with E-state index in [0.29, 0.717) is 0 Å². The predicted octanol–water partition coefficient (Wildman–Crippen LogP) is 1.27. The van der Waals surface area contributed by atoms with Crippen LogP contribution in [-0.2, 0) is 8.98 Å². The van der Waals surface area contributed by atoms with Crippen molar-refractivity contribution in [2.45, 2.75) is 20.0 Å². The third kappa shape index (κ3) is 3.53. The Hall–Kier alpha value is -0.480. The molecule has 0 aromatic rings. The molecule has 0 bridgehead atoms. The van der Waals surface area contributed by atoms with Gasteiger partial charge in [-0.25, -0.2) is 4.79 Å². The van der Waals surface area contributed by atoms with Crippen LogP contribution in [0.2, 0.25) is 0 Å². The molecule has 0 heterocycles. The Bertz CT molecular complexity index is 153. The van der Waals surface area contributed by atoms with Crippen molar-refractivity contribution in [1.82, 2.24) is 0 Å². The average Bonchev–Trinajstić information content (AvgIpc) is 1.87. The first-order valence-electron chi connectivity index (χ1n) is 2.80. The number of rotatable bonds is 3. The molecule has 58 valence electrons. The summed E-state index contributed by atoms with van der Waals surface area (Å²) in [4.78, 5) is 10.2. The fraction of sp³-hybridized carbons (Fsp3) is 0.500. The first-order valence-corrected chi connectivity index (χ1v) is 3.16. The Morgan fingerprint density at radius 2 is 2.30 bits per heavy atom. The van der Waals surface area contributed by atoms with E-state index in [1.807, 2.05) is 0 Å². The second-order valence-corrected chi connectivity index (χ2v) is 2.18. The van der Waals surface area contributed by atoms with Crippen LogP contribution in [0.4, 0.5) is 0 Å². The molecule has 0 spiro atoms. The Morgan fingerprint density at radius 1 is 1.80 bits per heavy atom. The van der Waals surface area contributed by atoms with Gasteiger partial charge in [-0.3, -0.25) is 0 Å². The van der Waals surface area contributed by atoms with Gasteiger partial charge in [0, 0.05) is 5.57 Å². The molecule has 0 radical (unpaired) electrons. The maximum Gasteiger partial charge on any atom is 0.331 e. The van der Waals surface area contributed by atoms with Crippen LogP contribution in [0.25, 0.3) is 0 Å². The Labute approximate surface area is 65.3 Å². The molecular formula is C6H10O3S. The van der Waals surface area contributed by atoms with Gasteiger partial charge >= 0.3 is 5.97 Å². The lowest BCUT2D eigenvalue weighted by atomic mass is 10.2. The summed E-state index contributed by atoms with van der Waals surface area (Å²) in [5.74, 6) is -0.933. The minimum atomic E-state index is -0.933. The van der Waals surface area contributed by atoms with Gasteiger partial charge < -0.3 is 9.29 Å². The Kier molecular flexibility index (Phi) is 4.14. The number of carboxylic acid groups (broad SMARTS) is 1. The predicted molar refractivity (Wildman–Crippen MR) is 40.9 cm³/mol. The van der Waals surface area contributed by atoms with Crippen molar-refractivity contribution in [3.8, 4) is 0 Å². The minimum absolute atomic E-state index is 0.264. The second-order valence-electron chi connectivity index (χ2n) is 1.97. The van der Waals surface area contributed by atoms with Crippen molar-refractivity contribution in [2.75, 3.05) is 0 Å². The van der Waals surface area contributed by atoms with Crippen molar-refractivity contribution in [3.05, 3.63) is 11.6 Å². The van der Waals surface area contributed by atoms with Gasteiger partial charge in [-0.1, -0.05) is 0 Å². The van der Waals surface area contributed by atoms with Crippen LogP contribution < -0.4 is 0 Å². The van der Waals surface area contributed by atoms with Gasteiger partial charge in [-0.15, -0.1) is 0 Å². The summed E-state index contributed by atoms with van der Waals surface area (Å²) in [5, 5.41) is 8.38. The van der Waals surface area contributed by atoms with Gasteiger partial charge in [0.2, 0.25) is 0 Å². The number of hydrogen-bond donors (Lipinski definition) is 2. The summed E-state index contributed by atoms with van der Waals surface area (Å²) >= 11 is 3.52. The van der Waals surface area contributed by atoms with E-state index in [4.69, 9.17) is 5.11 Å². The molecule has 10 heavy (non-hydrogen) atoms. The van der Waals surface area contributed by atoms with E-state index >= 15 is 0 Å². The quantitative estimate of drug-likeness (QED) is 0.373. The average molecular weight is 162 g/mol. The highest BCUT2D eigenvalue weighted by Crippen LogP contribution is 2.00. The largest absolute Gasteiger partial charge is 0.478 e. The summed E-state index contributed by atoms with van der Waals surface area (Å²) in [6.45, 7) is 3.21. The Balaban J connectivity index is 4.02. The maximum absolute atomic E-state index is 10.2. The maximum atomic E-state index is 10.2. The van der Waals surface area contributed by atoms with Gasteiger partial charge in [0.25, 0.3) is 0 Å². The zero-order valence-electron chi connectivity index (χ0n) is 5.87. The number of carboxylic acids is 1. The van der Waals surface area contributed by atoms with Gasteiger partial charge in [0.15, 0.2) is 0 Å². The fourth-order valence-electron chi connectivity index (χ4n) is 0.454. The molecule has 0 aliphatic rings. The molecular weight excluding hydrogens is 152 g/mol. The molecule has 0 aromatic carbocycles. The molecule has 0 aromatic heterocycles. The van der Waals surface area contributed by atoms with Crippen LogP contribution in [0.3, 0.4) is 0 Å². The van der Waals surface area contributed by atoms with Gasteiger partial charge in [0.05, 0.1) is 6.10 Å². The summed E-state index contributed by atoms with van der Waals surface area (Å²) in [6.07, 6.45) is 1.22. The molecule has 0 aliphatic carbocycles. The molecule has 0 fully saturated rings. The summed E-state index contributed by atoms with van der Waals surface area (Å²) in [6, 6.07) is 0. The van der Waals surface area contributed by atoms with Crippen molar-refractivity contribution in [3.63, 3.8) is 0 Å². The number of thiol groups is 1. The highest BCUT2D eigenvalue weighted by Gasteiger charge is 2.01. The first kappa shape index (κ1) is 9.52. The van der Waals surface area contributed by atoms with Gasteiger partial charge in [-0.2, -0.15) is 0 Å².